The van der Waals surface area contributed by atoms with Crippen LogP contribution in [0.25, 0.3) is 22.2 Å². The van der Waals surface area contributed by atoms with E-state index < -0.39 is 5.82 Å². The maximum atomic E-state index is 14.2. The highest BCUT2D eigenvalue weighted by Crippen LogP contribution is 2.33. The molecule has 1 fully saturated rings. The summed E-state index contributed by atoms with van der Waals surface area (Å²) in [5.74, 6) is -0.981. The summed E-state index contributed by atoms with van der Waals surface area (Å²) in [6, 6.07) is 13.1. The van der Waals surface area contributed by atoms with Gasteiger partial charge in [0, 0.05) is 11.4 Å². The zero-order valence-electron chi connectivity index (χ0n) is 12.8. The lowest BCUT2D eigenvalue weighted by Crippen LogP contribution is -2.25. The summed E-state index contributed by atoms with van der Waals surface area (Å²) in [5.41, 5.74) is 1.26. The Hall–Kier alpha value is -2.95. The van der Waals surface area contributed by atoms with Crippen molar-refractivity contribution in [3.05, 3.63) is 59.9 Å². The van der Waals surface area contributed by atoms with Gasteiger partial charge in [-0.25, -0.2) is 9.37 Å². The quantitative estimate of drug-likeness (QED) is 0.774. The van der Waals surface area contributed by atoms with E-state index in [-0.39, 0.29) is 29.0 Å². The van der Waals surface area contributed by atoms with Crippen LogP contribution in [0.1, 0.15) is 23.2 Å². The van der Waals surface area contributed by atoms with Crippen LogP contribution in [-0.4, -0.2) is 22.0 Å². The third-order valence-corrected chi connectivity index (χ3v) is 4.12. The topological polar surface area (TPSA) is 62.2 Å². The number of aromatic hydroxyl groups is 1. The molecule has 5 heteroatoms. The van der Waals surface area contributed by atoms with Gasteiger partial charge in [-0.2, -0.15) is 0 Å². The van der Waals surface area contributed by atoms with Crippen molar-refractivity contribution in [2.45, 2.75) is 18.9 Å². The minimum Gasteiger partial charge on any atom is -0.507 e. The van der Waals surface area contributed by atoms with Crippen molar-refractivity contribution in [1.29, 1.82) is 0 Å². The zero-order chi connectivity index (χ0) is 16.7. The number of fused-ring (bicyclic) bond motifs is 1. The Morgan fingerprint density at radius 1 is 1.17 bits per heavy atom. The zero-order valence-corrected chi connectivity index (χ0v) is 12.8. The number of rotatable bonds is 3. The van der Waals surface area contributed by atoms with Crippen molar-refractivity contribution in [3.8, 4) is 17.0 Å². The number of carbonyl (C=O) groups is 1. The normalized spacial score (nSPS) is 13.9. The number of hydrogen-bond acceptors (Lipinski definition) is 3. The molecule has 3 aromatic rings. The maximum absolute atomic E-state index is 14.2. The van der Waals surface area contributed by atoms with Crippen LogP contribution in [0.15, 0.2) is 48.5 Å². The molecule has 1 heterocycles. The molecule has 2 N–H and O–H groups in total. The Kier molecular flexibility index (Phi) is 3.41. The number of amides is 1. The average Bonchev–Trinajstić information content (AvgIpc) is 3.38. The van der Waals surface area contributed by atoms with Gasteiger partial charge in [0.15, 0.2) is 0 Å². The molecule has 1 aliphatic rings. The predicted molar refractivity (Wildman–Crippen MR) is 89.3 cm³/mol. The van der Waals surface area contributed by atoms with Gasteiger partial charge < -0.3 is 10.4 Å². The van der Waals surface area contributed by atoms with Crippen LogP contribution < -0.4 is 5.32 Å². The lowest BCUT2D eigenvalue weighted by atomic mass is 10.0. The summed E-state index contributed by atoms with van der Waals surface area (Å²) < 4.78 is 14.2. The van der Waals surface area contributed by atoms with Crippen LogP contribution in [-0.2, 0) is 0 Å². The number of benzene rings is 2. The summed E-state index contributed by atoms with van der Waals surface area (Å²) in [4.78, 5) is 17.0. The highest BCUT2D eigenvalue weighted by molar-refractivity contribution is 6.07. The molecule has 0 spiro atoms. The van der Waals surface area contributed by atoms with E-state index in [0.717, 1.165) is 12.8 Å². The first-order valence-corrected chi connectivity index (χ1v) is 7.82. The third-order valence-electron chi connectivity index (χ3n) is 4.12. The molecule has 0 atom stereocenters. The molecule has 1 aliphatic carbocycles. The smallest absolute Gasteiger partial charge is 0.252 e. The minimum absolute atomic E-state index is 0.00345. The van der Waals surface area contributed by atoms with E-state index in [1.165, 1.54) is 24.3 Å². The molecular weight excluding hydrogens is 307 g/mol. The van der Waals surface area contributed by atoms with Crippen LogP contribution in [0.3, 0.4) is 0 Å². The maximum Gasteiger partial charge on any atom is 0.252 e. The highest BCUT2D eigenvalue weighted by Gasteiger charge is 2.25. The second-order valence-electron chi connectivity index (χ2n) is 5.95. The molecule has 0 radical (unpaired) electrons. The number of halogens is 1. The van der Waals surface area contributed by atoms with Gasteiger partial charge in [0.1, 0.15) is 11.6 Å². The van der Waals surface area contributed by atoms with Crippen LogP contribution in [0.4, 0.5) is 4.39 Å². The fraction of sp³-hybridized carbons (Fsp3) is 0.158. The molecule has 1 amide bonds. The number of phenols is 1. The van der Waals surface area contributed by atoms with E-state index in [2.05, 4.69) is 10.3 Å². The Morgan fingerprint density at radius 2 is 1.96 bits per heavy atom. The molecule has 0 unspecified atom stereocenters. The van der Waals surface area contributed by atoms with E-state index >= 15 is 0 Å². The summed E-state index contributed by atoms with van der Waals surface area (Å²) in [6.45, 7) is 0. The number of carbonyl (C=O) groups excluding carboxylic acids is 1. The van der Waals surface area contributed by atoms with Crippen molar-refractivity contribution in [2.75, 3.05) is 0 Å². The molecule has 2 aromatic carbocycles. The second kappa shape index (κ2) is 5.60. The van der Waals surface area contributed by atoms with Gasteiger partial charge in [0.25, 0.3) is 5.91 Å². The highest BCUT2D eigenvalue weighted by atomic mass is 19.1. The van der Waals surface area contributed by atoms with Gasteiger partial charge in [0.05, 0.1) is 22.3 Å². The van der Waals surface area contributed by atoms with Crippen molar-refractivity contribution in [1.82, 2.24) is 10.3 Å². The Morgan fingerprint density at radius 3 is 2.71 bits per heavy atom. The van der Waals surface area contributed by atoms with Gasteiger partial charge in [0.2, 0.25) is 0 Å². The van der Waals surface area contributed by atoms with Crippen LogP contribution in [0, 0.1) is 5.82 Å². The van der Waals surface area contributed by atoms with Gasteiger partial charge in [-0.3, -0.25) is 4.79 Å². The SMILES string of the molecule is O=C(NC1CC1)c1cc(-c2c(O)cccc2F)nc2ccccc12. The Balaban J connectivity index is 1.92. The molecule has 1 saturated carbocycles. The molecule has 120 valence electrons. The minimum atomic E-state index is -0.577. The lowest BCUT2D eigenvalue weighted by molar-refractivity contribution is 0.0952. The van der Waals surface area contributed by atoms with Gasteiger partial charge >= 0.3 is 0 Å². The molecule has 1 aromatic heterocycles. The fourth-order valence-corrected chi connectivity index (χ4v) is 2.75. The van der Waals surface area contributed by atoms with Crippen molar-refractivity contribution < 1.29 is 14.3 Å². The average molecular weight is 322 g/mol. The standard InChI is InChI=1S/C19H15FN2O2/c20-14-5-3-7-17(23)18(14)16-10-13(19(24)21-11-8-9-11)12-4-1-2-6-15(12)22-16/h1-7,10-11,23H,8-9H2,(H,21,24). The molecular formula is C19H15FN2O2. The third kappa shape index (κ3) is 2.58. The van der Waals surface area contributed by atoms with Crippen LogP contribution in [0.5, 0.6) is 5.75 Å². The van der Waals surface area contributed by atoms with Crippen LogP contribution >= 0.6 is 0 Å². The van der Waals surface area contributed by atoms with E-state index in [4.69, 9.17) is 0 Å². The fourth-order valence-electron chi connectivity index (χ4n) is 2.75. The summed E-state index contributed by atoms with van der Waals surface area (Å²) in [7, 11) is 0. The number of para-hydroxylation sites is 1. The first-order chi connectivity index (χ1) is 11.6. The monoisotopic (exact) mass is 322 g/mol. The van der Waals surface area contributed by atoms with Crippen LogP contribution in [0.2, 0.25) is 0 Å². The van der Waals surface area contributed by atoms with Crippen molar-refractivity contribution in [2.24, 2.45) is 0 Å². The first-order valence-electron chi connectivity index (χ1n) is 7.82. The second-order valence-corrected chi connectivity index (χ2v) is 5.95. The van der Waals surface area contributed by atoms with E-state index in [1.807, 2.05) is 18.2 Å². The molecule has 24 heavy (non-hydrogen) atoms. The largest absolute Gasteiger partial charge is 0.507 e. The number of nitrogens with one attached hydrogen (secondary N) is 1. The molecule has 4 rings (SSSR count). The van der Waals surface area contributed by atoms with Gasteiger partial charge in [-0.1, -0.05) is 24.3 Å². The van der Waals surface area contributed by atoms with E-state index in [1.54, 1.807) is 6.07 Å². The Bertz CT molecular complexity index is 931. The summed E-state index contributed by atoms with van der Waals surface area (Å²) in [5, 5.41) is 13.7. The molecule has 4 nitrogen and oxygen atoms in total. The molecule has 0 saturated heterocycles. The number of pyridine rings is 1. The lowest BCUT2D eigenvalue weighted by Gasteiger charge is -2.11. The number of hydrogen-bond donors (Lipinski definition) is 2. The van der Waals surface area contributed by atoms with E-state index in [9.17, 15) is 14.3 Å². The van der Waals surface area contributed by atoms with Crippen molar-refractivity contribution in [3.63, 3.8) is 0 Å². The number of phenolic OH excluding ortho intramolecular Hbond substituents is 1. The van der Waals surface area contributed by atoms with Gasteiger partial charge in [-0.05, 0) is 37.1 Å². The predicted octanol–water partition coefficient (Wildman–Crippen LogP) is 3.64. The Labute approximate surface area is 138 Å². The van der Waals surface area contributed by atoms with E-state index in [0.29, 0.717) is 16.5 Å². The van der Waals surface area contributed by atoms with Crippen molar-refractivity contribution >= 4 is 16.8 Å². The molecule has 0 bridgehead atoms. The number of aromatic nitrogens is 1. The summed E-state index contributed by atoms with van der Waals surface area (Å²) >= 11 is 0. The van der Waals surface area contributed by atoms with Gasteiger partial charge in [-0.15, -0.1) is 0 Å². The summed E-state index contributed by atoms with van der Waals surface area (Å²) in [6.07, 6.45) is 1.96. The first kappa shape index (κ1) is 14.6. The molecule has 0 aliphatic heterocycles. The number of nitrogens with zero attached hydrogens (tertiary/aromatic N) is 1.